The van der Waals surface area contributed by atoms with Crippen LogP contribution in [0.15, 0.2) is 22.7 Å². The molecule has 1 heterocycles. The van der Waals surface area contributed by atoms with Crippen molar-refractivity contribution in [2.24, 2.45) is 0 Å². The highest BCUT2D eigenvalue weighted by Crippen LogP contribution is 2.29. The molecule has 1 atom stereocenters. The summed E-state index contributed by atoms with van der Waals surface area (Å²) >= 11 is 5.24. The number of hydrogen-bond acceptors (Lipinski definition) is 2. The van der Waals surface area contributed by atoms with Gasteiger partial charge in [0.25, 0.3) is 0 Å². The summed E-state index contributed by atoms with van der Waals surface area (Å²) in [5, 5.41) is 0.189. The summed E-state index contributed by atoms with van der Waals surface area (Å²) in [5.74, 6) is 1.45. The number of carbonyl (C=O) groups excluding carboxylic acids is 1. The maximum atomic E-state index is 12.3. The number of Topliss-reactive ketones (excluding diaryl/α,β-unsaturated/α-hetero) is 1. The highest BCUT2D eigenvalue weighted by molar-refractivity contribution is 9.10. The molecule has 1 aromatic carbocycles. The van der Waals surface area contributed by atoms with Crippen LogP contribution in [0.25, 0.3) is 0 Å². The fourth-order valence-corrected chi connectivity index (χ4v) is 3.77. The molecule has 1 saturated heterocycles. The van der Waals surface area contributed by atoms with Gasteiger partial charge in [-0.05, 0) is 49.3 Å². The summed E-state index contributed by atoms with van der Waals surface area (Å²) in [6.07, 6.45) is 3.49. The van der Waals surface area contributed by atoms with Gasteiger partial charge in [0, 0.05) is 10.0 Å². The number of hydrogen-bond donors (Lipinski definition) is 0. The quantitative estimate of drug-likeness (QED) is 0.760. The molecule has 1 aromatic rings. The Balaban J connectivity index is 2.19. The van der Waals surface area contributed by atoms with E-state index in [1.807, 2.05) is 36.9 Å². The van der Waals surface area contributed by atoms with Crippen LogP contribution in [0.1, 0.15) is 35.2 Å². The van der Waals surface area contributed by atoms with Crippen molar-refractivity contribution in [2.45, 2.75) is 31.4 Å². The van der Waals surface area contributed by atoms with E-state index in [0.29, 0.717) is 5.78 Å². The van der Waals surface area contributed by atoms with Crippen LogP contribution < -0.4 is 0 Å². The third-order valence-electron chi connectivity index (χ3n) is 2.93. The van der Waals surface area contributed by atoms with E-state index in [-0.39, 0.29) is 5.25 Å². The van der Waals surface area contributed by atoms with E-state index in [1.54, 1.807) is 0 Å². The molecule has 86 valence electrons. The fourth-order valence-electron chi connectivity index (χ4n) is 2.02. The first kappa shape index (κ1) is 12.2. The lowest BCUT2D eigenvalue weighted by atomic mass is 10.00. The Bertz CT molecular complexity index is 397. The molecule has 0 amide bonds. The van der Waals surface area contributed by atoms with Crippen molar-refractivity contribution >= 4 is 33.5 Å². The lowest BCUT2D eigenvalue weighted by Gasteiger charge is -2.20. The topological polar surface area (TPSA) is 17.1 Å². The Morgan fingerprint density at radius 1 is 1.44 bits per heavy atom. The molecule has 1 aliphatic heterocycles. The van der Waals surface area contributed by atoms with Crippen molar-refractivity contribution in [2.75, 3.05) is 5.75 Å². The van der Waals surface area contributed by atoms with Crippen molar-refractivity contribution in [1.82, 2.24) is 0 Å². The van der Waals surface area contributed by atoms with E-state index in [1.165, 1.54) is 12.8 Å². The van der Waals surface area contributed by atoms with Gasteiger partial charge >= 0.3 is 0 Å². The van der Waals surface area contributed by atoms with Gasteiger partial charge in [-0.15, -0.1) is 0 Å². The van der Waals surface area contributed by atoms with Crippen LogP contribution in [0.3, 0.4) is 0 Å². The van der Waals surface area contributed by atoms with Crippen LogP contribution in [0.2, 0.25) is 0 Å². The van der Waals surface area contributed by atoms with Crippen LogP contribution in [0.4, 0.5) is 0 Å². The van der Waals surface area contributed by atoms with Crippen LogP contribution >= 0.6 is 27.7 Å². The van der Waals surface area contributed by atoms with Crippen molar-refractivity contribution < 1.29 is 4.79 Å². The van der Waals surface area contributed by atoms with Crippen LogP contribution in [-0.4, -0.2) is 16.8 Å². The average molecular weight is 299 g/mol. The van der Waals surface area contributed by atoms with E-state index in [4.69, 9.17) is 0 Å². The third-order valence-corrected chi connectivity index (χ3v) is 4.80. The van der Waals surface area contributed by atoms with Crippen molar-refractivity contribution in [3.05, 3.63) is 33.8 Å². The minimum Gasteiger partial charge on any atom is -0.293 e. The van der Waals surface area contributed by atoms with Gasteiger partial charge in [-0.3, -0.25) is 4.79 Å². The standard InChI is InChI=1S/C13H15BrOS/c1-9-8-10(14)5-6-11(9)13(15)12-4-2-3-7-16-12/h5-6,8,12H,2-4,7H2,1H3. The van der Waals surface area contributed by atoms with Gasteiger partial charge in [0.2, 0.25) is 0 Å². The zero-order valence-electron chi connectivity index (χ0n) is 9.33. The number of halogens is 1. The van der Waals surface area contributed by atoms with E-state index in [0.717, 1.165) is 27.8 Å². The lowest BCUT2D eigenvalue weighted by Crippen LogP contribution is -2.21. The van der Waals surface area contributed by atoms with Crippen molar-refractivity contribution in [1.29, 1.82) is 0 Å². The molecule has 1 nitrogen and oxygen atoms in total. The smallest absolute Gasteiger partial charge is 0.176 e. The summed E-state index contributed by atoms with van der Waals surface area (Å²) in [5.41, 5.74) is 1.97. The maximum absolute atomic E-state index is 12.3. The van der Waals surface area contributed by atoms with Crippen molar-refractivity contribution in [3.8, 4) is 0 Å². The third kappa shape index (κ3) is 2.69. The van der Waals surface area contributed by atoms with E-state index in [9.17, 15) is 4.79 Å². The Morgan fingerprint density at radius 2 is 2.25 bits per heavy atom. The number of thioether (sulfide) groups is 1. The first-order valence-electron chi connectivity index (χ1n) is 5.60. The molecule has 1 aliphatic rings. The lowest BCUT2D eigenvalue weighted by molar-refractivity contribution is 0.0984. The second-order valence-electron chi connectivity index (χ2n) is 4.18. The molecule has 0 radical (unpaired) electrons. The molecule has 1 unspecified atom stereocenters. The summed E-state index contributed by atoms with van der Waals surface area (Å²) in [4.78, 5) is 12.3. The SMILES string of the molecule is Cc1cc(Br)ccc1C(=O)C1CCCCS1. The van der Waals surface area contributed by atoms with Gasteiger partial charge in [0.15, 0.2) is 5.78 Å². The number of carbonyl (C=O) groups is 1. The van der Waals surface area contributed by atoms with Gasteiger partial charge in [0.05, 0.1) is 5.25 Å². The van der Waals surface area contributed by atoms with Crippen molar-refractivity contribution in [3.63, 3.8) is 0 Å². The molecule has 16 heavy (non-hydrogen) atoms. The second kappa shape index (κ2) is 5.37. The number of aryl methyl sites for hydroxylation is 1. The van der Waals surface area contributed by atoms with Gasteiger partial charge in [-0.2, -0.15) is 11.8 Å². The summed E-state index contributed by atoms with van der Waals surface area (Å²) in [7, 11) is 0. The van der Waals surface area contributed by atoms with E-state index < -0.39 is 0 Å². The maximum Gasteiger partial charge on any atom is 0.176 e. The van der Waals surface area contributed by atoms with E-state index >= 15 is 0 Å². The Labute approximate surface area is 109 Å². The van der Waals surface area contributed by atoms with Gasteiger partial charge in [0.1, 0.15) is 0 Å². The Hall–Kier alpha value is -0.280. The Kier molecular flexibility index (Phi) is 4.09. The minimum absolute atomic E-state index is 0.189. The average Bonchev–Trinajstić information content (AvgIpc) is 2.29. The summed E-state index contributed by atoms with van der Waals surface area (Å²) in [6, 6.07) is 5.91. The molecule has 0 spiro atoms. The largest absolute Gasteiger partial charge is 0.293 e. The molecule has 2 rings (SSSR count). The van der Waals surface area contributed by atoms with E-state index in [2.05, 4.69) is 15.9 Å². The van der Waals surface area contributed by atoms with Gasteiger partial charge in [-0.1, -0.05) is 22.4 Å². The van der Waals surface area contributed by atoms with Gasteiger partial charge < -0.3 is 0 Å². The predicted molar refractivity (Wildman–Crippen MR) is 73.3 cm³/mol. The molecular weight excluding hydrogens is 284 g/mol. The molecule has 0 saturated carbocycles. The van der Waals surface area contributed by atoms with Crippen LogP contribution in [-0.2, 0) is 0 Å². The molecule has 1 fully saturated rings. The fraction of sp³-hybridized carbons (Fsp3) is 0.462. The highest BCUT2D eigenvalue weighted by atomic mass is 79.9. The van der Waals surface area contributed by atoms with Crippen LogP contribution in [0.5, 0.6) is 0 Å². The zero-order chi connectivity index (χ0) is 11.5. The van der Waals surface area contributed by atoms with Crippen LogP contribution in [0, 0.1) is 6.92 Å². The number of benzene rings is 1. The molecule has 0 bridgehead atoms. The molecule has 0 aromatic heterocycles. The predicted octanol–water partition coefficient (Wildman–Crippen LogP) is 4.23. The first-order valence-corrected chi connectivity index (χ1v) is 7.44. The monoisotopic (exact) mass is 298 g/mol. The Morgan fingerprint density at radius 3 is 2.88 bits per heavy atom. The molecule has 3 heteroatoms. The first-order chi connectivity index (χ1) is 7.68. The zero-order valence-corrected chi connectivity index (χ0v) is 11.7. The summed E-state index contributed by atoms with van der Waals surface area (Å²) in [6.45, 7) is 2.01. The normalized spacial score (nSPS) is 20.8. The molecule has 0 N–H and O–H groups in total. The molecular formula is C13H15BrOS. The minimum atomic E-state index is 0.189. The summed E-state index contributed by atoms with van der Waals surface area (Å²) < 4.78 is 1.04. The number of ketones is 1. The second-order valence-corrected chi connectivity index (χ2v) is 6.41. The molecule has 0 aliphatic carbocycles. The number of rotatable bonds is 2. The highest BCUT2D eigenvalue weighted by Gasteiger charge is 2.23. The van der Waals surface area contributed by atoms with Gasteiger partial charge in [-0.25, -0.2) is 0 Å².